The van der Waals surface area contributed by atoms with Gasteiger partial charge in [0, 0.05) is 11.9 Å². The van der Waals surface area contributed by atoms with Gasteiger partial charge in [-0.3, -0.25) is 19.4 Å². The maximum absolute atomic E-state index is 12.7. The minimum atomic E-state index is -1.13. The van der Waals surface area contributed by atoms with Gasteiger partial charge >= 0.3 is 12.0 Å². The number of rotatable bonds is 11. The number of nitrogens with one attached hydrogen (secondary N) is 4. The topological polar surface area (TPSA) is 185 Å². The molecule has 2 aromatic heterocycles. The molecule has 0 aliphatic heterocycles. The van der Waals surface area contributed by atoms with Crippen molar-refractivity contribution >= 4 is 40.9 Å². The van der Waals surface area contributed by atoms with Crippen LogP contribution in [0.4, 0.5) is 21.9 Å². The van der Waals surface area contributed by atoms with E-state index >= 15 is 0 Å². The van der Waals surface area contributed by atoms with Crippen molar-refractivity contribution in [2.45, 2.75) is 25.8 Å². The molecule has 43 heavy (non-hydrogen) atoms. The number of amides is 4. The fraction of sp³-hybridized carbons (Fsp3) is 0.167. The second-order valence-electron chi connectivity index (χ2n) is 9.36. The Balaban J connectivity index is 1.36. The van der Waals surface area contributed by atoms with Crippen molar-refractivity contribution in [2.24, 2.45) is 0 Å². The Kier molecular flexibility index (Phi) is 9.92. The number of benzene rings is 2. The summed E-state index contributed by atoms with van der Waals surface area (Å²) in [4.78, 5) is 53.4. The second-order valence-corrected chi connectivity index (χ2v) is 9.36. The lowest BCUT2D eigenvalue weighted by atomic mass is 10.1. The summed E-state index contributed by atoms with van der Waals surface area (Å²) in [7, 11) is 1.46. The third-order valence-electron chi connectivity index (χ3n) is 6.19. The number of hydrogen-bond acceptors (Lipinski definition) is 8. The van der Waals surface area contributed by atoms with Gasteiger partial charge in [-0.2, -0.15) is 5.10 Å². The SMILES string of the molecule is COc1cc(CC(=O)Nc2ccc(C(CC(=O)O)NC(=O)c3cccnn3)nc2)ccc1NC(=O)Nc1ccccc1C. The predicted molar refractivity (Wildman–Crippen MR) is 158 cm³/mol. The molecule has 0 saturated carbocycles. The van der Waals surface area contributed by atoms with Crippen LogP contribution in [0.2, 0.25) is 0 Å². The first-order chi connectivity index (χ1) is 20.7. The van der Waals surface area contributed by atoms with E-state index in [1.165, 1.54) is 37.7 Å². The zero-order valence-electron chi connectivity index (χ0n) is 23.3. The molecule has 0 bridgehead atoms. The van der Waals surface area contributed by atoms with Gasteiger partial charge in [0.1, 0.15) is 5.75 Å². The molecular formula is C30H29N7O6. The van der Waals surface area contributed by atoms with Crippen LogP contribution in [-0.4, -0.2) is 51.2 Å². The molecular weight excluding hydrogens is 554 g/mol. The minimum Gasteiger partial charge on any atom is -0.495 e. The second kappa shape index (κ2) is 14.2. The summed E-state index contributed by atoms with van der Waals surface area (Å²) in [6.45, 7) is 1.89. The maximum Gasteiger partial charge on any atom is 0.323 e. The normalized spacial score (nSPS) is 11.1. The van der Waals surface area contributed by atoms with Crippen LogP contribution in [0.15, 0.2) is 79.1 Å². The van der Waals surface area contributed by atoms with Crippen LogP contribution in [0.1, 0.15) is 39.8 Å². The number of urea groups is 1. The van der Waals surface area contributed by atoms with E-state index in [0.29, 0.717) is 28.4 Å². The average Bonchev–Trinajstić information content (AvgIpc) is 2.99. The molecule has 1 atom stereocenters. The number of carboxylic acid groups (broad SMARTS) is 1. The van der Waals surface area contributed by atoms with Crippen LogP contribution in [0.3, 0.4) is 0 Å². The third kappa shape index (κ3) is 8.57. The first kappa shape index (κ1) is 30.1. The molecule has 4 rings (SSSR count). The highest BCUT2D eigenvalue weighted by Crippen LogP contribution is 2.27. The number of aliphatic carboxylic acids is 1. The highest BCUT2D eigenvalue weighted by atomic mass is 16.5. The fourth-order valence-corrected chi connectivity index (χ4v) is 4.07. The summed E-state index contributed by atoms with van der Waals surface area (Å²) in [5.41, 5.74) is 3.36. The standard InChI is InChI=1S/C30H29N7O6/c1-18-6-3-4-7-21(18)35-30(42)36-23-11-9-19(14-26(23)43-2)15-27(38)33-20-10-12-22(31-17-20)25(16-28(39)40)34-29(41)24-8-5-13-32-37-24/h3-14,17,25H,15-16H2,1-2H3,(H,33,38)(H,34,41)(H,39,40)(H2,35,36,42). The number of methoxy groups -OCH3 is 1. The van der Waals surface area contributed by atoms with Gasteiger partial charge in [0.25, 0.3) is 5.91 Å². The number of anilines is 3. The zero-order chi connectivity index (χ0) is 30.8. The molecule has 0 saturated heterocycles. The molecule has 0 radical (unpaired) electrons. The molecule has 4 amide bonds. The number of pyridine rings is 1. The highest BCUT2D eigenvalue weighted by Gasteiger charge is 2.21. The summed E-state index contributed by atoms with van der Waals surface area (Å²) in [5, 5.41) is 27.6. The molecule has 0 aliphatic rings. The largest absolute Gasteiger partial charge is 0.495 e. The maximum atomic E-state index is 12.7. The van der Waals surface area contributed by atoms with Crippen LogP contribution in [-0.2, 0) is 16.0 Å². The molecule has 0 spiro atoms. The number of aromatic nitrogens is 3. The number of aryl methyl sites for hydroxylation is 1. The summed E-state index contributed by atoms with van der Waals surface area (Å²) in [6.07, 6.45) is 2.38. The third-order valence-corrected chi connectivity index (χ3v) is 6.19. The molecule has 1 unspecified atom stereocenters. The lowest BCUT2D eigenvalue weighted by Gasteiger charge is -2.16. The number of para-hydroxylation sites is 1. The van der Waals surface area contributed by atoms with E-state index in [-0.39, 0.29) is 23.7 Å². The molecule has 13 heteroatoms. The lowest BCUT2D eigenvalue weighted by molar-refractivity contribution is -0.137. The number of carboxylic acids is 1. The monoisotopic (exact) mass is 583 g/mol. The lowest BCUT2D eigenvalue weighted by Crippen LogP contribution is -2.31. The Labute approximate surface area is 246 Å². The van der Waals surface area contributed by atoms with Gasteiger partial charge in [-0.05, 0) is 60.5 Å². The van der Waals surface area contributed by atoms with Crippen molar-refractivity contribution in [1.82, 2.24) is 20.5 Å². The van der Waals surface area contributed by atoms with Gasteiger partial charge in [0.05, 0.1) is 49.3 Å². The van der Waals surface area contributed by atoms with E-state index in [1.54, 1.807) is 30.3 Å². The van der Waals surface area contributed by atoms with Crippen LogP contribution in [0.25, 0.3) is 0 Å². The highest BCUT2D eigenvalue weighted by molar-refractivity contribution is 6.01. The Hall–Kier alpha value is -5.85. The Morgan fingerprint density at radius 1 is 0.930 bits per heavy atom. The molecule has 0 aliphatic carbocycles. The number of nitrogens with zero attached hydrogens (tertiary/aromatic N) is 3. The van der Waals surface area contributed by atoms with Gasteiger partial charge in [-0.1, -0.05) is 24.3 Å². The van der Waals surface area contributed by atoms with Crippen molar-refractivity contribution in [1.29, 1.82) is 0 Å². The molecule has 13 nitrogen and oxygen atoms in total. The molecule has 2 heterocycles. The van der Waals surface area contributed by atoms with Crippen molar-refractivity contribution < 1.29 is 29.0 Å². The molecule has 2 aromatic carbocycles. The summed E-state index contributed by atoms with van der Waals surface area (Å²) >= 11 is 0. The summed E-state index contributed by atoms with van der Waals surface area (Å²) in [5.74, 6) is -1.69. The Morgan fingerprint density at radius 3 is 2.40 bits per heavy atom. The molecule has 4 aromatic rings. The van der Waals surface area contributed by atoms with Crippen molar-refractivity contribution in [3.05, 3.63) is 102 Å². The predicted octanol–water partition coefficient (Wildman–Crippen LogP) is 3.96. The molecule has 220 valence electrons. The number of ether oxygens (including phenoxy) is 1. The van der Waals surface area contributed by atoms with E-state index in [1.807, 2.05) is 25.1 Å². The van der Waals surface area contributed by atoms with Gasteiger partial charge in [-0.15, -0.1) is 5.10 Å². The van der Waals surface area contributed by atoms with Crippen LogP contribution >= 0.6 is 0 Å². The van der Waals surface area contributed by atoms with Crippen LogP contribution < -0.4 is 26.0 Å². The number of carbonyl (C=O) groups excluding carboxylic acids is 3. The van der Waals surface area contributed by atoms with Crippen LogP contribution in [0, 0.1) is 6.92 Å². The van der Waals surface area contributed by atoms with E-state index in [0.717, 1.165) is 5.56 Å². The van der Waals surface area contributed by atoms with Gasteiger partial charge in [0.2, 0.25) is 5.91 Å². The fourth-order valence-electron chi connectivity index (χ4n) is 4.07. The first-order valence-corrected chi connectivity index (χ1v) is 13.1. The quantitative estimate of drug-likeness (QED) is 0.174. The van der Waals surface area contributed by atoms with Gasteiger partial charge in [0.15, 0.2) is 5.69 Å². The minimum absolute atomic E-state index is 0.00358. The van der Waals surface area contributed by atoms with Crippen molar-refractivity contribution in [2.75, 3.05) is 23.1 Å². The van der Waals surface area contributed by atoms with E-state index < -0.39 is 30.4 Å². The Bertz CT molecular complexity index is 1610. The van der Waals surface area contributed by atoms with Gasteiger partial charge in [-0.25, -0.2) is 4.79 Å². The summed E-state index contributed by atoms with van der Waals surface area (Å²) < 4.78 is 5.42. The smallest absolute Gasteiger partial charge is 0.323 e. The van der Waals surface area contributed by atoms with Gasteiger partial charge < -0.3 is 31.1 Å². The van der Waals surface area contributed by atoms with E-state index in [9.17, 15) is 24.3 Å². The van der Waals surface area contributed by atoms with Crippen LogP contribution in [0.5, 0.6) is 5.75 Å². The van der Waals surface area contributed by atoms with Crippen molar-refractivity contribution in [3.8, 4) is 5.75 Å². The molecule has 5 N–H and O–H groups in total. The average molecular weight is 584 g/mol. The van der Waals surface area contributed by atoms with Crippen molar-refractivity contribution in [3.63, 3.8) is 0 Å². The van der Waals surface area contributed by atoms with E-state index in [2.05, 4.69) is 36.4 Å². The number of hydrogen-bond donors (Lipinski definition) is 5. The zero-order valence-corrected chi connectivity index (χ0v) is 23.3. The Morgan fingerprint density at radius 2 is 1.72 bits per heavy atom. The molecule has 0 fully saturated rings. The number of carbonyl (C=O) groups is 4. The summed E-state index contributed by atoms with van der Waals surface area (Å²) in [6, 6.07) is 17.1. The van der Waals surface area contributed by atoms with E-state index in [4.69, 9.17) is 4.74 Å². The first-order valence-electron chi connectivity index (χ1n) is 13.1.